The summed E-state index contributed by atoms with van der Waals surface area (Å²) in [5.41, 5.74) is -1.20. The van der Waals surface area contributed by atoms with E-state index in [2.05, 4.69) is 20.8 Å². The molecule has 0 saturated carbocycles. The van der Waals surface area contributed by atoms with Gasteiger partial charge in [-0.2, -0.15) is 35.3 Å². The lowest BCUT2D eigenvalue weighted by atomic mass is 9.92. The van der Waals surface area contributed by atoms with Crippen LogP contribution in [-0.2, 0) is 28.6 Å². The summed E-state index contributed by atoms with van der Waals surface area (Å²) in [5.74, 6) is 4.08. The summed E-state index contributed by atoms with van der Waals surface area (Å²) in [5, 5.41) is 10.5. The maximum Gasteiger partial charge on any atom is 0.306 e. The Labute approximate surface area is 384 Å². The summed E-state index contributed by atoms with van der Waals surface area (Å²) in [6.07, 6.45) is 40.1. The van der Waals surface area contributed by atoms with Gasteiger partial charge in [0.1, 0.15) is 19.8 Å². The number of aliphatic hydroxyl groups is 1. The van der Waals surface area contributed by atoms with Crippen molar-refractivity contribution in [3.63, 3.8) is 0 Å². The Morgan fingerprint density at radius 3 is 0.783 bits per heavy atom. The van der Waals surface area contributed by atoms with E-state index in [-0.39, 0.29) is 57.0 Å². The second kappa shape index (κ2) is 47.9. The van der Waals surface area contributed by atoms with Crippen LogP contribution < -0.4 is 0 Å². The molecule has 1 N–H and O–H groups in total. The first-order valence-corrected chi connectivity index (χ1v) is 28.7. The van der Waals surface area contributed by atoms with Gasteiger partial charge in [0.2, 0.25) is 0 Å². The lowest BCUT2D eigenvalue weighted by Gasteiger charge is -2.30. The fourth-order valence-corrected chi connectivity index (χ4v) is 9.80. The average Bonchev–Trinajstić information content (AvgIpc) is 3.25. The highest BCUT2D eigenvalue weighted by Gasteiger charge is 2.35. The number of carbonyl (C=O) groups excluding carboxylic acids is 3. The smallest absolute Gasteiger partial charge is 0.306 e. The van der Waals surface area contributed by atoms with E-state index in [1.165, 1.54) is 173 Å². The second-order valence-corrected chi connectivity index (χ2v) is 20.9. The van der Waals surface area contributed by atoms with Gasteiger partial charge in [-0.3, -0.25) is 14.4 Å². The standard InChI is InChI=1S/C50H96O7S3/c1-4-7-10-13-16-19-22-25-28-31-37-58-40-34-47(52)55-44-50(43-51,45-56-48(53)35-41-59-38-32-29-26-23-20-17-14-11-8-5-2)46-57-49(54)36-42-60-39-33-30-27-24-21-18-15-12-9-6-3/h51H,4-46H2,1-3H3. The molecule has 0 aromatic heterocycles. The molecule has 0 rings (SSSR count). The highest BCUT2D eigenvalue weighted by atomic mass is 32.2. The molecule has 0 atom stereocenters. The van der Waals surface area contributed by atoms with Gasteiger partial charge in [0.05, 0.1) is 31.3 Å². The van der Waals surface area contributed by atoms with Gasteiger partial charge in [-0.1, -0.05) is 194 Å². The van der Waals surface area contributed by atoms with E-state index in [0.29, 0.717) is 17.3 Å². The van der Waals surface area contributed by atoms with Crippen LogP contribution in [0.25, 0.3) is 0 Å². The molecular weight excluding hydrogens is 809 g/mol. The average molecular weight is 906 g/mol. The van der Waals surface area contributed by atoms with Crippen molar-refractivity contribution in [3.8, 4) is 0 Å². The van der Waals surface area contributed by atoms with Crippen LogP contribution in [0.2, 0.25) is 0 Å². The van der Waals surface area contributed by atoms with Gasteiger partial charge < -0.3 is 19.3 Å². The molecule has 0 aromatic rings. The number of aliphatic hydroxyl groups excluding tert-OH is 1. The molecule has 0 aliphatic rings. The van der Waals surface area contributed by atoms with Crippen LogP contribution in [0.15, 0.2) is 0 Å². The van der Waals surface area contributed by atoms with Crippen LogP contribution >= 0.6 is 35.3 Å². The molecule has 0 unspecified atom stereocenters. The maximum atomic E-state index is 12.7. The normalized spacial score (nSPS) is 11.6. The SMILES string of the molecule is CCCCCCCCCCCCSCCC(=O)OCC(CO)(COC(=O)CCSCCCCCCCCCCCC)COC(=O)CCSCCCCCCCCCCCC. The first-order valence-electron chi connectivity index (χ1n) is 25.2. The third-order valence-corrected chi connectivity index (χ3v) is 14.4. The van der Waals surface area contributed by atoms with E-state index in [1.54, 1.807) is 35.3 Å². The minimum atomic E-state index is -1.20. The van der Waals surface area contributed by atoms with Crippen LogP contribution in [0.4, 0.5) is 0 Å². The Kier molecular flexibility index (Phi) is 47.4. The van der Waals surface area contributed by atoms with Crippen LogP contribution in [0, 0.1) is 5.41 Å². The largest absolute Gasteiger partial charge is 0.465 e. The van der Waals surface area contributed by atoms with E-state index < -0.39 is 12.0 Å². The van der Waals surface area contributed by atoms with Gasteiger partial charge >= 0.3 is 17.9 Å². The van der Waals surface area contributed by atoms with Crippen LogP contribution in [-0.4, -0.2) is 84.0 Å². The minimum absolute atomic E-state index is 0.174. The molecule has 0 amide bonds. The van der Waals surface area contributed by atoms with Gasteiger partial charge in [-0.25, -0.2) is 0 Å². The monoisotopic (exact) mass is 905 g/mol. The lowest BCUT2D eigenvalue weighted by Crippen LogP contribution is -2.42. The molecule has 0 fully saturated rings. The zero-order valence-corrected chi connectivity index (χ0v) is 42.0. The van der Waals surface area contributed by atoms with Gasteiger partial charge in [0, 0.05) is 17.3 Å². The Balaban J connectivity index is 4.56. The van der Waals surface area contributed by atoms with Crippen molar-refractivity contribution in [2.75, 3.05) is 60.9 Å². The molecule has 60 heavy (non-hydrogen) atoms. The summed E-state index contributed by atoms with van der Waals surface area (Å²) in [7, 11) is 0. The zero-order chi connectivity index (χ0) is 43.9. The minimum Gasteiger partial charge on any atom is -0.465 e. The quantitative estimate of drug-likeness (QED) is 0.0361. The van der Waals surface area contributed by atoms with Crippen molar-refractivity contribution in [2.24, 2.45) is 5.41 Å². The number of carbonyl (C=O) groups is 3. The fraction of sp³-hybridized carbons (Fsp3) is 0.940. The summed E-state index contributed by atoms with van der Waals surface area (Å²) < 4.78 is 16.9. The van der Waals surface area contributed by atoms with E-state index in [1.807, 2.05) is 0 Å². The van der Waals surface area contributed by atoms with Gasteiger partial charge in [0.15, 0.2) is 0 Å². The predicted molar refractivity (Wildman–Crippen MR) is 264 cm³/mol. The zero-order valence-electron chi connectivity index (χ0n) is 39.5. The lowest BCUT2D eigenvalue weighted by molar-refractivity contribution is -0.164. The molecule has 0 aliphatic heterocycles. The number of thioether (sulfide) groups is 3. The summed E-state index contributed by atoms with van der Waals surface area (Å²) in [6.45, 7) is 5.81. The summed E-state index contributed by atoms with van der Waals surface area (Å²) >= 11 is 5.32. The molecular formula is C50H96O7S3. The fourth-order valence-electron chi connectivity index (χ4n) is 7.03. The third-order valence-electron chi connectivity index (χ3n) is 11.2. The van der Waals surface area contributed by atoms with Crippen molar-refractivity contribution in [3.05, 3.63) is 0 Å². The Bertz CT molecular complexity index is 825. The van der Waals surface area contributed by atoms with Gasteiger partial charge in [0.25, 0.3) is 0 Å². The number of hydrogen-bond acceptors (Lipinski definition) is 10. The molecule has 0 spiro atoms. The number of unbranched alkanes of at least 4 members (excludes halogenated alkanes) is 27. The third kappa shape index (κ3) is 42.7. The van der Waals surface area contributed by atoms with Crippen LogP contribution in [0.1, 0.15) is 233 Å². The topological polar surface area (TPSA) is 99.1 Å². The molecule has 10 heteroatoms. The van der Waals surface area contributed by atoms with Crippen LogP contribution in [0.5, 0.6) is 0 Å². The predicted octanol–water partition coefficient (Wildman–Crippen LogP) is 14.7. The molecule has 0 aliphatic carbocycles. The van der Waals surface area contributed by atoms with E-state index in [9.17, 15) is 19.5 Å². The Morgan fingerprint density at radius 2 is 0.567 bits per heavy atom. The highest BCUT2D eigenvalue weighted by molar-refractivity contribution is 7.99. The van der Waals surface area contributed by atoms with Crippen LogP contribution in [0.3, 0.4) is 0 Å². The van der Waals surface area contributed by atoms with Crippen molar-refractivity contribution in [2.45, 2.75) is 233 Å². The number of rotatable bonds is 49. The number of hydrogen-bond donors (Lipinski definition) is 1. The molecule has 0 saturated heterocycles. The summed E-state index contributed by atoms with van der Waals surface area (Å²) in [6, 6.07) is 0. The van der Waals surface area contributed by atoms with Gasteiger partial charge in [-0.05, 0) is 36.5 Å². The first kappa shape index (κ1) is 59.4. The van der Waals surface area contributed by atoms with Crippen molar-refractivity contribution >= 4 is 53.2 Å². The Hall–Kier alpha value is -0.580. The molecule has 0 bridgehead atoms. The molecule has 0 radical (unpaired) electrons. The number of ether oxygens (including phenoxy) is 3. The highest BCUT2D eigenvalue weighted by Crippen LogP contribution is 2.22. The first-order chi connectivity index (χ1) is 29.4. The van der Waals surface area contributed by atoms with E-state index in [0.717, 1.165) is 36.5 Å². The molecule has 7 nitrogen and oxygen atoms in total. The van der Waals surface area contributed by atoms with E-state index in [4.69, 9.17) is 14.2 Å². The second-order valence-electron chi connectivity index (χ2n) is 17.3. The molecule has 0 aromatic carbocycles. The molecule has 356 valence electrons. The van der Waals surface area contributed by atoms with E-state index >= 15 is 0 Å². The van der Waals surface area contributed by atoms with Gasteiger partial charge in [-0.15, -0.1) is 0 Å². The maximum absolute atomic E-state index is 12.7. The Morgan fingerprint density at radius 1 is 0.350 bits per heavy atom. The summed E-state index contributed by atoms with van der Waals surface area (Å²) in [4.78, 5) is 38.2. The molecule has 0 heterocycles. The number of esters is 3. The van der Waals surface area contributed by atoms with Crippen molar-refractivity contribution in [1.82, 2.24) is 0 Å². The van der Waals surface area contributed by atoms with Crippen molar-refractivity contribution < 1.29 is 33.7 Å². The van der Waals surface area contributed by atoms with Crippen molar-refractivity contribution in [1.29, 1.82) is 0 Å².